The van der Waals surface area contributed by atoms with Crippen LogP contribution < -0.4 is 10.1 Å². The zero-order chi connectivity index (χ0) is 31.7. The van der Waals surface area contributed by atoms with Gasteiger partial charge in [0.15, 0.2) is 5.75 Å². The number of Topliss-reactive ketones (excluding diaryl/α,β-unsaturated/α-hetero) is 1. The number of aliphatic hydroxyl groups excluding tert-OH is 1. The van der Waals surface area contributed by atoms with Crippen molar-refractivity contribution in [3.05, 3.63) is 45.9 Å². The smallest absolute Gasteiger partial charge is 0.329 e. The molecule has 10 nitrogen and oxygen atoms in total. The molecule has 13 heteroatoms. The topological polar surface area (TPSA) is 131 Å². The molecule has 43 heavy (non-hydrogen) atoms. The summed E-state index contributed by atoms with van der Waals surface area (Å²) in [5.41, 5.74) is 0. The van der Waals surface area contributed by atoms with Gasteiger partial charge in [-0.25, -0.2) is 9.78 Å². The first kappa shape index (κ1) is 34.8. The molecule has 1 aromatic heterocycles. The number of carbonyl (C=O) groups is 4. The second-order valence-corrected chi connectivity index (χ2v) is 12.6. The van der Waals surface area contributed by atoms with Gasteiger partial charge in [-0.05, 0) is 49.7 Å². The average Bonchev–Trinajstić information content (AvgIpc) is 3.46. The molecule has 0 unspecified atom stereocenters. The molecule has 1 saturated carbocycles. The molecular weight excluding hydrogens is 619 g/mol. The van der Waals surface area contributed by atoms with Crippen LogP contribution in [-0.2, 0) is 14.4 Å². The minimum atomic E-state index is -0.739. The van der Waals surface area contributed by atoms with Crippen molar-refractivity contribution in [2.45, 2.75) is 65.4 Å². The predicted molar refractivity (Wildman–Crippen MR) is 164 cm³/mol. The molecule has 0 radical (unpaired) electrons. The van der Waals surface area contributed by atoms with Gasteiger partial charge in [-0.1, -0.05) is 55.6 Å². The summed E-state index contributed by atoms with van der Waals surface area (Å²) in [4.78, 5) is 52.7. The number of piperidine rings is 1. The molecule has 3 amide bonds. The molecule has 1 aliphatic carbocycles. The molecule has 0 spiro atoms. The van der Waals surface area contributed by atoms with Crippen LogP contribution >= 0.6 is 34.8 Å². The summed E-state index contributed by atoms with van der Waals surface area (Å²) in [6, 6.07) is 2.97. The molecule has 2 fully saturated rings. The van der Waals surface area contributed by atoms with Crippen LogP contribution in [0.1, 0.15) is 59.3 Å². The van der Waals surface area contributed by atoms with Gasteiger partial charge in [0.25, 0.3) is 0 Å². The van der Waals surface area contributed by atoms with Crippen molar-refractivity contribution in [2.24, 2.45) is 23.7 Å². The maximum atomic E-state index is 12.3. The van der Waals surface area contributed by atoms with Crippen LogP contribution in [0.3, 0.4) is 0 Å². The number of halogens is 3. The summed E-state index contributed by atoms with van der Waals surface area (Å²) >= 11 is 18.0. The summed E-state index contributed by atoms with van der Waals surface area (Å²) in [5.74, 6) is -0.134. The minimum Gasteiger partial charge on any atom is -0.489 e. The van der Waals surface area contributed by atoms with Crippen molar-refractivity contribution in [1.82, 2.24) is 19.8 Å². The standard InChI is InChI=1S/C15H16Cl3N3O2.C15H23NO4/c1-2-4-20(15(22)21-5-3-19-10-21)6-7-23-14-12(17)8-11(16)9-13(14)18;1-8-3-9(2)15(20)11(4-8)12(17)5-10-6-13(18)16-14(19)7-10/h3,5,8-10H,2,4,6-7H2,1H3;8-12,17H,3-7H2,1-2H3,(H,16,18,19)/t;8-,9-,11-,12+/m.0/s1. The number of nitrogens with zero attached hydrogens (tertiary/aromatic N) is 3. The highest BCUT2D eigenvalue weighted by Gasteiger charge is 2.38. The van der Waals surface area contributed by atoms with Crippen LogP contribution in [0.5, 0.6) is 5.75 Å². The number of imide groups is 1. The fourth-order valence-corrected chi connectivity index (χ4v) is 6.56. The Bertz CT molecular complexity index is 1240. The van der Waals surface area contributed by atoms with Crippen molar-refractivity contribution in [3.63, 3.8) is 0 Å². The number of nitrogens with one attached hydrogen (secondary N) is 1. The van der Waals surface area contributed by atoms with Crippen LogP contribution in [0.2, 0.25) is 15.1 Å². The normalized spacial score (nSPS) is 21.5. The van der Waals surface area contributed by atoms with Gasteiger partial charge in [0.2, 0.25) is 11.8 Å². The van der Waals surface area contributed by atoms with Gasteiger partial charge in [0.05, 0.1) is 22.7 Å². The first-order valence-corrected chi connectivity index (χ1v) is 15.6. The van der Waals surface area contributed by atoms with Gasteiger partial charge in [0, 0.05) is 48.6 Å². The zero-order valence-corrected chi connectivity index (χ0v) is 26.9. The summed E-state index contributed by atoms with van der Waals surface area (Å²) in [5, 5.41) is 13.7. The Morgan fingerprint density at radius 2 is 1.77 bits per heavy atom. The van der Waals surface area contributed by atoms with E-state index in [4.69, 9.17) is 39.5 Å². The second kappa shape index (κ2) is 16.4. The Morgan fingerprint density at radius 1 is 1.12 bits per heavy atom. The Labute approximate surface area is 267 Å². The lowest BCUT2D eigenvalue weighted by Gasteiger charge is -2.34. The van der Waals surface area contributed by atoms with E-state index in [1.54, 1.807) is 29.4 Å². The number of hydrogen-bond donors (Lipinski definition) is 2. The maximum Gasteiger partial charge on any atom is 0.329 e. The number of aromatic nitrogens is 2. The Kier molecular flexibility index (Phi) is 13.3. The summed E-state index contributed by atoms with van der Waals surface area (Å²) in [6.07, 6.45) is 7.20. The van der Waals surface area contributed by atoms with Gasteiger partial charge < -0.3 is 14.7 Å². The number of rotatable bonds is 9. The van der Waals surface area contributed by atoms with Crippen LogP contribution in [0.4, 0.5) is 4.79 Å². The van der Waals surface area contributed by atoms with E-state index in [1.807, 2.05) is 13.8 Å². The van der Waals surface area contributed by atoms with E-state index in [1.165, 1.54) is 10.9 Å². The molecule has 2 heterocycles. The molecule has 1 saturated heterocycles. The third-order valence-corrected chi connectivity index (χ3v) is 8.37. The van der Waals surface area contributed by atoms with Crippen LogP contribution in [-0.4, -0.2) is 69.0 Å². The lowest BCUT2D eigenvalue weighted by atomic mass is 9.71. The van der Waals surface area contributed by atoms with E-state index in [9.17, 15) is 24.3 Å². The van der Waals surface area contributed by atoms with Gasteiger partial charge in [0.1, 0.15) is 18.7 Å². The zero-order valence-electron chi connectivity index (χ0n) is 24.6. The number of imidazole rings is 1. The number of ether oxygens (including phenoxy) is 1. The lowest BCUT2D eigenvalue weighted by Crippen LogP contribution is -2.42. The van der Waals surface area contributed by atoms with E-state index in [0.29, 0.717) is 52.7 Å². The molecule has 2 aliphatic rings. The quantitative estimate of drug-likeness (QED) is 0.334. The molecule has 1 aliphatic heterocycles. The molecule has 2 aromatic rings. The number of benzene rings is 1. The van der Waals surface area contributed by atoms with Crippen LogP contribution in [0.15, 0.2) is 30.9 Å². The van der Waals surface area contributed by atoms with E-state index in [0.717, 1.165) is 12.8 Å². The Balaban J connectivity index is 0.000000238. The minimum absolute atomic E-state index is 0.00492. The van der Waals surface area contributed by atoms with Crippen molar-refractivity contribution >= 4 is 58.4 Å². The Morgan fingerprint density at radius 3 is 2.35 bits per heavy atom. The maximum absolute atomic E-state index is 12.3. The largest absolute Gasteiger partial charge is 0.489 e. The fraction of sp³-hybridized carbons (Fsp3) is 0.567. The third-order valence-electron chi connectivity index (χ3n) is 7.59. The van der Waals surface area contributed by atoms with E-state index in [-0.39, 0.29) is 60.8 Å². The SMILES string of the molecule is CCCN(CCOc1c(Cl)cc(Cl)cc1Cl)C(=O)n1ccnc1.C[C@@H]1C[C@@H]([C@H](O)CC2CC(=O)NC(=O)C2)C(=O)[C@@H](C)C1. The highest BCUT2D eigenvalue weighted by Crippen LogP contribution is 2.36. The molecular formula is C30H39Cl3N4O6. The van der Waals surface area contributed by atoms with Crippen LogP contribution in [0, 0.1) is 23.7 Å². The van der Waals surface area contributed by atoms with Gasteiger partial charge >= 0.3 is 6.03 Å². The molecule has 236 valence electrons. The number of aliphatic hydroxyl groups is 1. The first-order chi connectivity index (χ1) is 20.4. The molecule has 2 N–H and O–H groups in total. The Hall–Kier alpha value is -2.66. The van der Waals surface area contributed by atoms with E-state index >= 15 is 0 Å². The number of ketones is 1. The average molecular weight is 658 g/mol. The van der Waals surface area contributed by atoms with Crippen molar-refractivity contribution < 1.29 is 29.0 Å². The van der Waals surface area contributed by atoms with Crippen molar-refractivity contribution in [3.8, 4) is 5.75 Å². The van der Waals surface area contributed by atoms with Crippen molar-refractivity contribution in [1.29, 1.82) is 0 Å². The van der Waals surface area contributed by atoms with Crippen LogP contribution in [0.25, 0.3) is 0 Å². The highest BCUT2D eigenvalue weighted by molar-refractivity contribution is 6.40. The fourth-order valence-electron chi connectivity index (χ4n) is 5.64. The molecule has 1 aromatic carbocycles. The molecule has 4 rings (SSSR count). The predicted octanol–water partition coefficient (Wildman–Crippen LogP) is 5.64. The second-order valence-electron chi connectivity index (χ2n) is 11.3. The summed E-state index contributed by atoms with van der Waals surface area (Å²) in [6.45, 7) is 7.29. The number of hydrogen-bond acceptors (Lipinski definition) is 7. The van der Waals surface area contributed by atoms with Gasteiger partial charge in [-0.2, -0.15) is 0 Å². The monoisotopic (exact) mass is 656 g/mol. The highest BCUT2D eigenvalue weighted by atomic mass is 35.5. The van der Waals surface area contributed by atoms with E-state index < -0.39 is 6.10 Å². The summed E-state index contributed by atoms with van der Waals surface area (Å²) < 4.78 is 7.05. The molecule has 0 bridgehead atoms. The third kappa shape index (κ3) is 10.2. The molecule has 4 atom stereocenters. The number of amides is 3. The number of carbonyl (C=O) groups excluding carboxylic acids is 4. The van der Waals surface area contributed by atoms with Crippen molar-refractivity contribution in [2.75, 3.05) is 19.7 Å². The lowest BCUT2D eigenvalue weighted by molar-refractivity contribution is -0.136. The van der Waals surface area contributed by atoms with Gasteiger partial charge in [-0.3, -0.25) is 24.3 Å². The van der Waals surface area contributed by atoms with E-state index in [2.05, 4.69) is 17.2 Å². The summed E-state index contributed by atoms with van der Waals surface area (Å²) in [7, 11) is 0. The van der Waals surface area contributed by atoms with Gasteiger partial charge in [-0.15, -0.1) is 0 Å². The first-order valence-electron chi connectivity index (χ1n) is 14.5.